The van der Waals surface area contributed by atoms with Gasteiger partial charge in [0.05, 0.1) is 11.0 Å². The van der Waals surface area contributed by atoms with Crippen LogP contribution in [0.15, 0.2) is 73.1 Å². The molecule has 0 N–H and O–H groups in total. The molecule has 3 aromatic carbocycles. The SMILES string of the molecule is CC(C)c1ccc(-n2cnc3cc(/C=C\c4ccc(C(C)(C)C)cc4)ccc32)cc1. The molecule has 0 aliphatic carbocycles. The van der Waals surface area contributed by atoms with Gasteiger partial charge in [0.1, 0.15) is 6.33 Å². The fourth-order valence-electron chi connectivity index (χ4n) is 3.65. The van der Waals surface area contributed by atoms with Crippen molar-refractivity contribution in [3.8, 4) is 5.69 Å². The zero-order valence-corrected chi connectivity index (χ0v) is 18.6. The van der Waals surface area contributed by atoms with E-state index >= 15 is 0 Å². The molecule has 0 saturated heterocycles. The fourth-order valence-corrected chi connectivity index (χ4v) is 3.65. The molecule has 0 atom stereocenters. The number of rotatable bonds is 4. The molecule has 1 aromatic heterocycles. The summed E-state index contributed by atoms with van der Waals surface area (Å²) in [7, 11) is 0. The molecule has 0 aliphatic rings. The normalized spacial score (nSPS) is 12.3. The maximum Gasteiger partial charge on any atom is 0.100 e. The fraction of sp³-hybridized carbons (Fsp3) is 0.250. The van der Waals surface area contributed by atoms with Gasteiger partial charge in [0.25, 0.3) is 0 Å². The van der Waals surface area contributed by atoms with Crippen molar-refractivity contribution in [2.45, 2.75) is 46.0 Å². The Labute approximate surface area is 179 Å². The molecule has 0 radical (unpaired) electrons. The smallest absolute Gasteiger partial charge is 0.100 e. The standard InChI is InChI=1S/C28H30N2/c1-20(2)23-11-15-25(16-12-23)30-19-29-26-18-22(10-17-27(26)30)7-6-21-8-13-24(14-9-21)28(3,4)5/h6-20H,1-5H3/b7-6-. The molecule has 0 spiro atoms. The van der Waals surface area contributed by atoms with Crippen LogP contribution in [0.1, 0.15) is 62.8 Å². The maximum absolute atomic E-state index is 4.64. The molecule has 2 nitrogen and oxygen atoms in total. The van der Waals surface area contributed by atoms with E-state index in [-0.39, 0.29) is 5.41 Å². The molecule has 30 heavy (non-hydrogen) atoms. The third kappa shape index (κ3) is 4.23. The van der Waals surface area contributed by atoms with Crippen LogP contribution in [0.3, 0.4) is 0 Å². The van der Waals surface area contributed by atoms with Crippen LogP contribution in [0.25, 0.3) is 28.9 Å². The highest BCUT2D eigenvalue weighted by Gasteiger charge is 2.12. The molecule has 2 heteroatoms. The predicted molar refractivity (Wildman–Crippen MR) is 129 cm³/mol. The van der Waals surface area contributed by atoms with Crippen LogP contribution >= 0.6 is 0 Å². The lowest BCUT2D eigenvalue weighted by atomic mass is 9.87. The minimum atomic E-state index is 0.182. The topological polar surface area (TPSA) is 17.8 Å². The van der Waals surface area contributed by atoms with Crippen LogP contribution in [-0.4, -0.2) is 9.55 Å². The summed E-state index contributed by atoms with van der Waals surface area (Å²) < 4.78 is 2.15. The lowest BCUT2D eigenvalue weighted by Gasteiger charge is -2.18. The molecule has 0 bridgehead atoms. The first-order chi connectivity index (χ1) is 14.3. The Morgan fingerprint density at radius 3 is 2.07 bits per heavy atom. The summed E-state index contributed by atoms with van der Waals surface area (Å²) in [4.78, 5) is 4.64. The van der Waals surface area contributed by atoms with Crippen LogP contribution in [0.4, 0.5) is 0 Å². The predicted octanol–water partition coefficient (Wildman–Crippen LogP) is 7.62. The molecule has 1 heterocycles. The van der Waals surface area contributed by atoms with E-state index in [1.165, 1.54) is 16.7 Å². The van der Waals surface area contributed by atoms with Crippen molar-refractivity contribution in [2.75, 3.05) is 0 Å². The van der Waals surface area contributed by atoms with E-state index in [9.17, 15) is 0 Å². The van der Waals surface area contributed by atoms with Crippen LogP contribution < -0.4 is 0 Å². The van der Waals surface area contributed by atoms with E-state index in [2.05, 4.69) is 123 Å². The highest BCUT2D eigenvalue weighted by Crippen LogP contribution is 2.24. The van der Waals surface area contributed by atoms with Crippen LogP contribution in [0.5, 0.6) is 0 Å². The lowest BCUT2D eigenvalue weighted by molar-refractivity contribution is 0.590. The monoisotopic (exact) mass is 394 g/mol. The molecule has 152 valence electrons. The van der Waals surface area contributed by atoms with E-state index in [1.807, 2.05) is 6.33 Å². The molecule has 0 saturated carbocycles. The van der Waals surface area contributed by atoms with E-state index in [1.54, 1.807) is 0 Å². The lowest BCUT2D eigenvalue weighted by Crippen LogP contribution is -2.10. The first-order valence-electron chi connectivity index (χ1n) is 10.7. The van der Waals surface area contributed by atoms with Crippen LogP contribution in [0, 0.1) is 0 Å². The summed E-state index contributed by atoms with van der Waals surface area (Å²) in [6.45, 7) is 11.2. The van der Waals surface area contributed by atoms with E-state index in [0.717, 1.165) is 22.3 Å². The van der Waals surface area contributed by atoms with Gasteiger partial charge < -0.3 is 0 Å². The zero-order valence-electron chi connectivity index (χ0n) is 18.6. The molecular formula is C28H30N2. The van der Waals surface area contributed by atoms with Gasteiger partial charge >= 0.3 is 0 Å². The van der Waals surface area contributed by atoms with Gasteiger partial charge in [0.15, 0.2) is 0 Å². The maximum atomic E-state index is 4.64. The van der Waals surface area contributed by atoms with E-state index < -0.39 is 0 Å². The molecular weight excluding hydrogens is 364 g/mol. The van der Waals surface area contributed by atoms with Gasteiger partial charge in [-0.05, 0) is 57.9 Å². The second-order valence-electron chi connectivity index (χ2n) is 9.31. The summed E-state index contributed by atoms with van der Waals surface area (Å²) in [6.07, 6.45) is 6.23. The number of aromatic nitrogens is 2. The van der Waals surface area contributed by atoms with Gasteiger partial charge in [0.2, 0.25) is 0 Å². The highest BCUT2D eigenvalue weighted by molar-refractivity contribution is 5.82. The van der Waals surface area contributed by atoms with Gasteiger partial charge in [-0.25, -0.2) is 4.98 Å². The Bertz CT molecular complexity index is 1170. The van der Waals surface area contributed by atoms with Crippen molar-refractivity contribution in [1.29, 1.82) is 0 Å². The number of benzene rings is 3. The summed E-state index contributed by atoms with van der Waals surface area (Å²) in [5, 5.41) is 0. The molecule has 4 aromatic rings. The quantitative estimate of drug-likeness (QED) is 0.326. The average Bonchev–Trinajstić information content (AvgIpc) is 3.15. The van der Waals surface area contributed by atoms with Crippen molar-refractivity contribution in [3.63, 3.8) is 0 Å². The van der Waals surface area contributed by atoms with Crippen LogP contribution in [0.2, 0.25) is 0 Å². The molecule has 0 fully saturated rings. The Hall–Kier alpha value is -3.13. The first kappa shape index (κ1) is 20.2. The first-order valence-corrected chi connectivity index (χ1v) is 10.7. The highest BCUT2D eigenvalue weighted by atomic mass is 15.0. The minimum absolute atomic E-state index is 0.182. The van der Waals surface area contributed by atoms with Gasteiger partial charge in [-0.1, -0.05) is 89.2 Å². The summed E-state index contributed by atoms with van der Waals surface area (Å²) in [6, 6.07) is 24.0. The number of imidazole rings is 1. The number of nitrogens with zero attached hydrogens (tertiary/aromatic N) is 2. The van der Waals surface area contributed by atoms with E-state index in [0.29, 0.717) is 5.92 Å². The minimum Gasteiger partial charge on any atom is -0.299 e. The number of fused-ring (bicyclic) bond motifs is 1. The second-order valence-corrected chi connectivity index (χ2v) is 9.31. The Morgan fingerprint density at radius 1 is 0.800 bits per heavy atom. The molecule has 0 unspecified atom stereocenters. The van der Waals surface area contributed by atoms with Crippen molar-refractivity contribution >= 4 is 23.2 Å². The van der Waals surface area contributed by atoms with Crippen LogP contribution in [-0.2, 0) is 5.41 Å². The van der Waals surface area contributed by atoms with Gasteiger partial charge in [-0.3, -0.25) is 4.57 Å². The average molecular weight is 395 g/mol. The third-order valence-corrected chi connectivity index (χ3v) is 5.65. The van der Waals surface area contributed by atoms with Gasteiger partial charge in [-0.2, -0.15) is 0 Å². The second kappa shape index (κ2) is 7.95. The van der Waals surface area contributed by atoms with E-state index in [4.69, 9.17) is 0 Å². The largest absolute Gasteiger partial charge is 0.299 e. The van der Waals surface area contributed by atoms with Gasteiger partial charge in [0, 0.05) is 5.69 Å². The zero-order chi connectivity index (χ0) is 21.3. The van der Waals surface area contributed by atoms with Gasteiger partial charge in [-0.15, -0.1) is 0 Å². The Balaban J connectivity index is 1.57. The third-order valence-electron chi connectivity index (χ3n) is 5.65. The Morgan fingerprint density at radius 2 is 1.43 bits per heavy atom. The summed E-state index contributed by atoms with van der Waals surface area (Å²) >= 11 is 0. The molecule has 0 amide bonds. The number of hydrogen-bond acceptors (Lipinski definition) is 1. The van der Waals surface area contributed by atoms with Crippen molar-refractivity contribution in [3.05, 3.63) is 95.3 Å². The summed E-state index contributed by atoms with van der Waals surface area (Å²) in [5.74, 6) is 0.539. The Kier molecular flexibility index (Phi) is 5.34. The molecule has 4 rings (SSSR count). The molecule has 0 aliphatic heterocycles. The van der Waals surface area contributed by atoms with Crippen molar-refractivity contribution in [1.82, 2.24) is 9.55 Å². The number of hydrogen-bond donors (Lipinski definition) is 0. The summed E-state index contributed by atoms with van der Waals surface area (Å²) in [5.41, 5.74) is 8.53. The van der Waals surface area contributed by atoms with Crippen molar-refractivity contribution < 1.29 is 0 Å². The van der Waals surface area contributed by atoms with Crippen molar-refractivity contribution in [2.24, 2.45) is 0 Å².